The normalized spacial score (nSPS) is 36.7. The van der Waals surface area contributed by atoms with E-state index in [0.29, 0.717) is 0 Å². The predicted octanol–water partition coefficient (Wildman–Crippen LogP) is -2.86. The van der Waals surface area contributed by atoms with Crippen molar-refractivity contribution in [3.05, 3.63) is 41.5 Å². The first-order valence-corrected chi connectivity index (χ1v) is 13.8. The molecule has 0 amide bonds. The number of carbonyl (C=O) groups is 1. The Bertz CT molecular complexity index is 1370. The highest BCUT2D eigenvalue weighted by atomic mass is 16.7. The fraction of sp³-hybridized carbons (Fsp3) is 0.536. The number of aliphatic hydroxyl groups excluding tert-OH is 7. The zero-order valence-corrected chi connectivity index (χ0v) is 23.6. The lowest BCUT2D eigenvalue weighted by Crippen LogP contribution is -2.62. The van der Waals surface area contributed by atoms with Crippen molar-refractivity contribution >= 4 is 5.78 Å². The van der Waals surface area contributed by atoms with Crippen molar-refractivity contribution in [3.8, 4) is 28.7 Å². The second-order valence-corrected chi connectivity index (χ2v) is 10.8. The van der Waals surface area contributed by atoms with Gasteiger partial charge in [-0.2, -0.15) is 0 Å². The summed E-state index contributed by atoms with van der Waals surface area (Å²) >= 11 is 0. The molecule has 10 N–H and O–H groups in total. The summed E-state index contributed by atoms with van der Waals surface area (Å²) in [5.41, 5.74) is -0.155. The minimum atomic E-state index is -1.94. The van der Waals surface area contributed by atoms with Gasteiger partial charge in [-0.3, -0.25) is 4.79 Å². The van der Waals surface area contributed by atoms with Gasteiger partial charge in [0, 0.05) is 12.1 Å². The van der Waals surface area contributed by atoms with Crippen LogP contribution in [0.5, 0.6) is 28.7 Å². The number of methoxy groups -OCH3 is 1. The fourth-order valence-electron chi connectivity index (χ4n) is 5.36. The van der Waals surface area contributed by atoms with Crippen LogP contribution < -0.4 is 9.47 Å². The van der Waals surface area contributed by atoms with Crippen LogP contribution >= 0.6 is 0 Å². The summed E-state index contributed by atoms with van der Waals surface area (Å²) in [5, 5.41) is 102. The first-order chi connectivity index (χ1) is 21.4. The smallest absolute Gasteiger partial charge is 0.203 e. The third kappa shape index (κ3) is 6.25. The Morgan fingerprint density at radius 2 is 1.42 bits per heavy atom. The van der Waals surface area contributed by atoms with E-state index in [2.05, 4.69) is 0 Å². The molecular formula is C28H34O17. The molecule has 0 radical (unpaired) electrons. The molecule has 0 bridgehead atoms. The van der Waals surface area contributed by atoms with E-state index in [1.165, 1.54) is 25.3 Å². The van der Waals surface area contributed by atoms with Gasteiger partial charge in [0.1, 0.15) is 71.6 Å². The largest absolute Gasteiger partial charge is 0.508 e. The molecule has 0 spiro atoms. The Hall–Kier alpha value is -3.33. The SMILES string of the molecule is COc1cc([C@@H]2Oc3cc(O)cc(O)c3C(=O)[C@@H]2O[C@H]2O[C@H](CO[C@H]3O[C@@H](CO)[C@H](O)[C@@H](O)[C@@H]3O)[C@H](O)[C@@H](O)[C@@H]2O)ccc1O. The first-order valence-electron chi connectivity index (χ1n) is 13.8. The number of ether oxygens (including phenoxy) is 6. The molecule has 0 unspecified atom stereocenters. The third-order valence-electron chi connectivity index (χ3n) is 7.85. The molecule has 0 aliphatic carbocycles. The number of phenolic OH excluding ortho intramolecular Hbond substituents is 3. The van der Waals surface area contributed by atoms with Gasteiger partial charge >= 0.3 is 0 Å². The molecule has 3 aliphatic rings. The Labute approximate surface area is 254 Å². The molecule has 2 saturated heterocycles. The van der Waals surface area contributed by atoms with Crippen molar-refractivity contribution < 1.29 is 84.3 Å². The van der Waals surface area contributed by atoms with Crippen LogP contribution in [0.1, 0.15) is 22.0 Å². The average Bonchev–Trinajstić information content (AvgIpc) is 3.01. The maximum absolute atomic E-state index is 13.7. The van der Waals surface area contributed by atoms with Crippen molar-refractivity contribution in [3.63, 3.8) is 0 Å². The number of benzene rings is 2. The van der Waals surface area contributed by atoms with Crippen LogP contribution in [0.15, 0.2) is 30.3 Å². The lowest BCUT2D eigenvalue weighted by molar-refractivity contribution is -0.335. The maximum atomic E-state index is 13.7. The van der Waals surface area contributed by atoms with Crippen LogP contribution in [0, 0.1) is 0 Å². The number of fused-ring (bicyclic) bond motifs is 1. The number of phenols is 3. The molecule has 2 fully saturated rings. The lowest BCUT2D eigenvalue weighted by Gasteiger charge is -2.44. The van der Waals surface area contributed by atoms with Crippen LogP contribution in [0.25, 0.3) is 0 Å². The number of hydrogen-bond donors (Lipinski definition) is 10. The minimum Gasteiger partial charge on any atom is -0.508 e. The minimum absolute atomic E-state index is 0.00440. The van der Waals surface area contributed by atoms with Crippen LogP contribution in [-0.2, 0) is 18.9 Å². The van der Waals surface area contributed by atoms with Crippen LogP contribution in [0.4, 0.5) is 0 Å². The number of aromatic hydroxyl groups is 3. The Morgan fingerprint density at radius 3 is 2.09 bits per heavy atom. The van der Waals surface area contributed by atoms with Crippen molar-refractivity contribution in [2.45, 2.75) is 73.6 Å². The summed E-state index contributed by atoms with van der Waals surface area (Å²) in [7, 11) is 1.29. The Morgan fingerprint density at radius 1 is 0.778 bits per heavy atom. The molecule has 45 heavy (non-hydrogen) atoms. The first kappa shape index (κ1) is 33.0. The number of rotatable bonds is 8. The quantitative estimate of drug-likeness (QED) is 0.139. The van der Waals surface area contributed by atoms with Crippen LogP contribution in [0.3, 0.4) is 0 Å². The molecule has 3 heterocycles. The number of carbonyl (C=O) groups excluding carboxylic acids is 1. The van der Waals surface area contributed by atoms with E-state index in [9.17, 15) is 55.9 Å². The van der Waals surface area contributed by atoms with Gasteiger partial charge in [0.25, 0.3) is 0 Å². The zero-order valence-electron chi connectivity index (χ0n) is 23.6. The molecule has 0 saturated carbocycles. The van der Waals surface area contributed by atoms with Gasteiger partial charge < -0.3 is 79.5 Å². The highest BCUT2D eigenvalue weighted by molar-refractivity contribution is 6.05. The molecule has 12 atom stereocenters. The summed E-state index contributed by atoms with van der Waals surface area (Å²) in [6, 6.07) is 5.97. The van der Waals surface area contributed by atoms with Crippen LogP contribution in [-0.4, -0.2) is 145 Å². The molecule has 17 nitrogen and oxygen atoms in total. The number of Topliss-reactive ketones (excluding diaryl/α,β-unsaturated/α-hetero) is 1. The summed E-state index contributed by atoms with van der Waals surface area (Å²) < 4.78 is 33.3. The van der Waals surface area contributed by atoms with E-state index in [1.54, 1.807) is 0 Å². The maximum Gasteiger partial charge on any atom is 0.203 e. The molecule has 17 heteroatoms. The summed E-state index contributed by atoms with van der Waals surface area (Å²) in [4.78, 5) is 13.7. The third-order valence-corrected chi connectivity index (χ3v) is 7.85. The van der Waals surface area contributed by atoms with Crippen molar-refractivity contribution in [2.75, 3.05) is 20.3 Å². The topological polar surface area (TPSA) is 275 Å². The second-order valence-electron chi connectivity index (χ2n) is 10.8. The number of ketones is 1. The Kier molecular flexibility index (Phi) is 9.68. The zero-order chi connectivity index (χ0) is 32.7. The summed E-state index contributed by atoms with van der Waals surface area (Å²) in [6.45, 7) is -1.37. The standard InChI is InChI=1S/C28H34O17/c1-40-13-4-9(2-3-11(13)31)25-26(20(35)17-12(32)5-10(30)6-14(17)42-25)45-28-24(39)22(37)19(34)16(44-28)8-41-27-23(38)21(36)18(33)15(7-29)43-27/h2-6,15-16,18-19,21-34,36-39H,7-8H2,1H3/t15-,16+,18-,19-,21+,22+,23-,24-,25-,26-,27-,28+/m0/s1. The van der Waals surface area contributed by atoms with E-state index >= 15 is 0 Å². The van der Waals surface area contributed by atoms with Crippen molar-refractivity contribution in [1.82, 2.24) is 0 Å². The van der Waals surface area contributed by atoms with Gasteiger partial charge in [-0.1, -0.05) is 6.07 Å². The molecule has 5 rings (SSSR count). The second kappa shape index (κ2) is 13.2. The van der Waals surface area contributed by atoms with E-state index in [-0.39, 0.29) is 28.4 Å². The molecule has 248 valence electrons. The van der Waals surface area contributed by atoms with E-state index in [1.807, 2.05) is 0 Å². The van der Waals surface area contributed by atoms with Crippen LogP contribution in [0.2, 0.25) is 0 Å². The summed E-state index contributed by atoms with van der Waals surface area (Å²) in [6.07, 6.45) is -20.1. The van der Waals surface area contributed by atoms with Gasteiger partial charge in [-0.25, -0.2) is 0 Å². The van der Waals surface area contributed by atoms with Gasteiger partial charge in [0.2, 0.25) is 5.78 Å². The lowest BCUT2D eigenvalue weighted by atomic mass is 9.92. The van der Waals surface area contributed by atoms with Crippen molar-refractivity contribution in [1.29, 1.82) is 0 Å². The van der Waals surface area contributed by atoms with Gasteiger partial charge in [0.05, 0.1) is 20.3 Å². The van der Waals surface area contributed by atoms with E-state index in [4.69, 9.17) is 28.4 Å². The van der Waals surface area contributed by atoms with E-state index < -0.39 is 104 Å². The number of hydrogen-bond acceptors (Lipinski definition) is 17. The Balaban J connectivity index is 1.40. The highest BCUT2D eigenvalue weighted by Gasteiger charge is 2.50. The van der Waals surface area contributed by atoms with E-state index in [0.717, 1.165) is 12.1 Å². The predicted molar refractivity (Wildman–Crippen MR) is 143 cm³/mol. The fourth-order valence-corrected chi connectivity index (χ4v) is 5.36. The van der Waals surface area contributed by atoms with Gasteiger partial charge in [-0.05, 0) is 17.7 Å². The van der Waals surface area contributed by atoms with Crippen molar-refractivity contribution in [2.24, 2.45) is 0 Å². The summed E-state index contributed by atoms with van der Waals surface area (Å²) in [5.74, 6) is -2.37. The highest BCUT2D eigenvalue weighted by Crippen LogP contribution is 2.44. The monoisotopic (exact) mass is 642 g/mol. The average molecular weight is 643 g/mol. The molecule has 2 aromatic rings. The molecule has 0 aromatic heterocycles. The molecular weight excluding hydrogens is 608 g/mol. The van der Waals surface area contributed by atoms with Gasteiger partial charge in [-0.15, -0.1) is 0 Å². The molecule has 2 aromatic carbocycles. The number of aliphatic hydroxyl groups is 7. The molecule has 3 aliphatic heterocycles. The van der Waals surface area contributed by atoms with Gasteiger partial charge in [0.15, 0.2) is 36.3 Å².